The van der Waals surface area contributed by atoms with Gasteiger partial charge in [-0.15, -0.1) is 0 Å². The van der Waals surface area contributed by atoms with E-state index >= 15 is 0 Å². The lowest BCUT2D eigenvalue weighted by Gasteiger charge is -1.95. The van der Waals surface area contributed by atoms with Crippen LogP contribution in [-0.2, 0) is 6.42 Å². The van der Waals surface area contributed by atoms with E-state index in [1.807, 2.05) is 13.8 Å². The summed E-state index contributed by atoms with van der Waals surface area (Å²) in [5.41, 5.74) is 1.80. The number of aryl methyl sites for hydroxylation is 2. The second-order valence-corrected chi connectivity index (χ2v) is 3.71. The van der Waals surface area contributed by atoms with Crippen molar-refractivity contribution < 1.29 is 9.52 Å². The molecule has 14 heavy (non-hydrogen) atoms. The highest BCUT2D eigenvalue weighted by Gasteiger charge is 2.11. The van der Waals surface area contributed by atoms with E-state index in [-0.39, 0.29) is 5.75 Å². The second-order valence-electron chi connectivity index (χ2n) is 3.30. The average Bonchev–Trinajstić information content (AvgIpc) is 2.45. The van der Waals surface area contributed by atoms with Crippen molar-refractivity contribution in [2.75, 3.05) is 0 Å². The summed E-state index contributed by atoms with van der Waals surface area (Å²) in [6.45, 7) is 4.03. The number of phenols is 1. The van der Waals surface area contributed by atoms with Gasteiger partial charge in [0.15, 0.2) is 0 Å². The van der Waals surface area contributed by atoms with E-state index in [9.17, 15) is 5.11 Å². The Morgan fingerprint density at radius 3 is 2.79 bits per heavy atom. The fourth-order valence-electron chi connectivity index (χ4n) is 1.62. The van der Waals surface area contributed by atoms with Crippen molar-refractivity contribution in [2.24, 2.45) is 0 Å². The molecule has 0 saturated carbocycles. The zero-order chi connectivity index (χ0) is 10.3. The minimum atomic E-state index is 0.0653. The monoisotopic (exact) mass is 210 g/mol. The van der Waals surface area contributed by atoms with Crippen LogP contribution in [-0.4, -0.2) is 5.11 Å². The summed E-state index contributed by atoms with van der Waals surface area (Å²) in [4.78, 5) is 0. The molecule has 0 saturated heterocycles. The van der Waals surface area contributed by atoms with Crippen LogP contribution in [0.3, 0.4) is 0 Å². The summed E-state index contributed by atoms with van der Waals surface area (Å²) in [5, 5.41) is 10.7. The first-order valence-electron chi connectivity index (χ1n) is 4.54. The normalized spacial score (nSPS) is 11.1. The molecule has 0 aliphatic carbocycles. The molecule has 0 spiro atoms. The van der Waals surface area contributed by atoms with Crippen molar-refractivity contribution >= 4 is 22.6 Å². The SMILES string of the molecule is CCc1oc2cc(O)c(Cl)cc2c1C. The van der Waals surface area contributed by atoms with E-state index in [1.165, 1.54) is 0 Å². The van der Waals surface area contributed by atoms with E-state index in [1.54, 1.807) is 12.1 Å². The highest BCUT2D eigenvalue weighted by Crippen LogP contribution is 2.33. The van der Waals surface area contributed by atoms with Gasteiger partial charge in [0.05, 0.1) is 5.02 Å². The van der Waals surface area contributed by atoms with Gasteiger partial charge in [-0.1, -0.05) is 18.5 Å². The second kappa shape index (κ2) is 3.21. The van der Waals surface area contributed by atoms with Gasteiger partial charge < -0.3 is 9.52 Å². The van der Waals surface area contributed by atoms with Crippen molar-refractivity contribution in [2.45, 2.75) is 20.3 Å². The lowest BCUT2D eigenvalue weighted by molar-refractivity contribution is 0.474. The molecule has 2 aromatic rings. The van der Waals surface area contributed by atoms with Gasteiger partial charge in [-0.05, 0) is 18.6 Å². The van der Waals surface area contributed by atoms with Gasteiger partial charge in [-0.3, -0.25) is 0 Å². The Morgan fingerprint density at radius 2 is 2.14 bits per heavy atom. The maximum atomic E-state index is 9.40. The van der Waals surface area contributed by atoms with Crippen LogP contribution < -0.4 is 0 Å². The molecule has 2 rings (SSSR count). The maximum Gasteiger partial charge on any atom is 0.138 e. The van der Waals surface area contributed by atoms with E-state index < -0.39 is 0 Å². The van der Waals surface area contributed by atoms with E-state index in [0.29, 0.717) is 10.6 Å². The molecule has 0 radical (unpaired) electrons. The largest absolute Gasteiger partial charge is 0.506 e. The Balaban J connectivity index is 2.80. The predicted molar refractivity (Wildman–Crippen MR) is 57.0 cm³/mol. The molecular weight excluding hydrogens is 200 g/mol. The summed E-state index contributed by atoms with van der Waals surface area (Å²) in [5.74, 6) is 1.01. The average molecular weight is 211 g/mol. The van der Waals surface area contributed by atoms with Crippen molar-refractivity contribution in [3.8, 4) is 5.75 Å². The van der Waals surface area contributed by atoms with Gasteiger partial charge >= 0.3 is 0 Å². The zero-order valence-electron chi connectivity index (χ0n) is 8.10. The van der Waals surface area contributed by atoms with Crippen molar-refractivity contribution in [1.82, 2.24) is 0 Å². The smallest absolute Gasteiger partial charge is 0.138 e. The molecule has 1 N–H and O–H groups in total. The van der Waals surface area contributed by atoms with Crippen LogP contribution in [0.5, 0.6) is 5.75 Å². The van der Waals surface area contributed by atoms with Gasteiger partial charge in [0, 0.05) is 17.9 Å². The zero-order valence-corrected chi connectivity index (χ0v) is 8.85. The number of benzene rings is 1. The van der Waals surface area contributed by atoms with Crippen molar-refractivity contribution in [1.29, 1.82) is 0 Å². The molecule has 74 valence electrons. The molecule has 0 atom stereocenters. The van der Waals surface area contributed by atoms with Crippen LogP contribution in [0.25, 0.3) is 11.0 Å². The van der Waals surface area contributed by atoms with Crippen LogP contribution in [0.2, 0.25) is 5.02 Å². The minimum Gasteiger partial charge on any atom is -0.506 e. The van der Waals surface area contributed by atoms with Crippen LogP contribution in [0.1, 0.15) is 18.2 Å². The number of hydrogen-bond acceptors (Lipinski definition) is 2. The first-order chi connectivity index (χ1) is 6.63. The summed E-state index contributed by atoms with van der Waals surface area (Å²) in [7, 11) is 0. The van der Waals surface area contributed by atoms with Gasteiger partial charge in [0.25, 0.3) is 0 Å². The molecule has 0 amide bonds. The third kappa shape index (κ3) is 1.26. The van der Waals surface area contributed by atoms with Gasteiger partial charge in [-0.25, -0.2) is 0 Å². The maximum absolute atomic E-state index is 9.40. The molecule has 3 heteroatoms. The molecule has 1 aromatic heterocycles. The molecule has 2 nitrogen and oxygen atoms in total. The Hall–Kier alpha value is -1.15. The van der Waals surface area contributed by atoms with Crippen LogP contribution >= 0.6 is 11.6 Å². The Labute approximate surface area is 87.1 Å². The van der Waals surface area contributed by atoms with Crippen LogP contribution in [0.4, 0.5) is 0 Å². The quantitative estimate of drug-likeness (QED) is 0.779. The lowest BCUT2D eigenvalue weighted by Crippen LogP contribution is -1.77. The number of phenolic OH excluding ortho intramolecular Hbond substituents is 1. The summed E-state index contributed by atoms with van der Waals surface area (Å²) < 4.78 is 5.57. The van der Waals surface area contributed by atoms with Gasteiger partial charge in [0.2, 0.25) is 0 Å². The van der Waals surface area contributed by atoms with Gasteiger partial charge in [-0.2, -0.15) is 0 Å². The predicted octanol–water partition coefficient (Wildman–Crippen LogP) is 3.66. The number of halogens is 1. The third-order valence-corrected chi connectivity index (χ3v) is 2.73. The molecule has 0 aliphatic heterocycles. The standard InChI is InChI=1S/C11H11ClO2/c1-3-10-6(2)7-4-8(12)9(13)5-11(7)14-10/h4-5,13H,3H2,1-2H3. The van der Waals surface area contributed by atoms with E-state index in [2.05, 4.69) is 0 Å². The van der Waals surface area contributed by atoms with Gasteiger partial charge in [0.1, 0.15) is 17.1 Å². The Kier molecular flexibility index (Phi) is 2.16. The lowest BCUT2D eigenvalue weighted by atomic mass is 10.1. The fraction of sp³-hybridized carbons (Fsp3) is 0.273. The summed E-state index contributed by atoms with van der Waals surface area (Å²) in [6, 6.07) is 3.30. The minimum absolute atomic E-state index is 0.0653. The van der Waals surface area contributed by atoms with Crippen LogP contribution in [0.15, 0.2) is 16.5 Å². The summed E-state index contributed by atoms with van der Waals surface area (Å²) in [6.07, 6.45) is 0.846. The van der Waals surface area contributed by atoms with Crippen LogP contribution in [0, 0.1) is 6.92 Å². The molecule has 0 unspecified atom stereocenters. The third-order valence-electron chi connectivity index (χ3n) is 2.43. The number of furan rings is 1. The molecular formula is C11H11ClO2. The molecule has 1 heterocycles. The molecule has 0 aliphatic rings. The Bertz CT molecular complexity index is 485. The number of rotatable bonds is 1. The molecule has 0 fully saturated rings. The molecule has 0 bridgehead atoms. The van der Waals surface area contributed by atoms with Crippen molar-refractivity contribution in [3.63, 3.8) is 0 Å². The number of fused-ring (bicyclic) bond motifs is 1. The fourth-order valence-corrected chi connectivity index (χ4v) is 1.78. The Morgan fingerprint density at radius 1 is 1.43 bits per heavy atom. The van der Waals surface area contributed by atoms with E-state index in [4.69, 9.17) is 16.0 Å². The first-order valence-corrected chi connectivity index (χ1v) is 4.91. The number of aromatic hydroxyl groups is 1. The first kappa shape index (κ1) is 9.41. The topological polar surface area (TPSA) is 33.4 Å². The molecule has 1 aromatic carbocycles. The highest BCUT2D eigenvalue weighted by molar-refractivity contribution is 6.32. The van der Waals surface area contributed by atoms with E-state index in [0.717, 1.165) is 23.1 Å². The van der Waals surface area contributed by atoms with Crippen molar-refractivity contribution in [3.05, 3.63) is 28.5 Å². The highest BCUT2D eigenvalue weighted by atomic mass is 35.5. The summed E-state index contributed by atoms with van der Waals surface area (Å²) >= 11 is 5.82. The number of hydrogen-bond donors (Lipinski definition) is 1.